The number of unbranched alkanes of at least 4 members (excludes halogenated alkanes) is 1. The molecule has 0 radical (unpaired) electrons. The van der Waals surface area contributed by atoms with Crippen LogP contribution in [0.4, 0.5) is 10.2 Å². The molecule has 4 amide bonds. The molecule has 0 bridgehead atoms. The fourth-order valence-electron chi connectivity index (χ4n) is 7.45. The standard InChI is InChI=1S/C41H45BrFN7O7/c1-24(26-7-6-8-28(42)17-26)44-39-30-20-35(55-3)36(21-32(30)45-25(2)46-39)56-16-5-4-11-48-12-14-49(15-13-48)38(52)23-57-34-18-27-22-50(41(54)29(27)19-31(34)43)33-9-10-37(51)47-40(33)53/h6-8,17-21,24,33H,4-5,9-16,22-23H2,1-3H3,(H,44,45,46)(H,47,51,53)/t24-,33?/m1/s1. The van der Waals surface area contributed by atoms with E-state index in [1.54, 1.807) is 12.0 Å². The molecular weight excluding hydrogens is 801 g/mol. The van der Waals surface area contributed by atoms with E-state index in [1.165, 1.54) is 11.0 Å². The maximum atomic E-state index is 15.0. The van der Waals surface area contributed by atoms with Gasteiger partial charge in [-0.3, -0.25) is 29.4 Å². The van der Waals surface area contributed by atoms with Crippen molar-refractivity contribution in [2.24, 2.45) is 0 Å². The molecule has 3 aliphatic heterocycles. The lowest BCUT2D eigenvalue weighted by atomic mass is 10.0. The Hall–Kier alpha value is -5.35. The molecule has 4 aromatic rings. The number of imide groups is 1. The summed E-state index contributed by atoms with van der Waals surface area (Å²) in [6.45, 7) is 7.49. The van der Waals surface area contributed by atoms with Gasteiger partial charge in [0.1, 0.15) is 17.7 Å². The number of methoxy groups -OCH3 is 1. The van der Waals surface area contributed by atoms with Gasteiger partial charge in [0.05, 0.1) is 25.3 Å². The zero-order valence-electron chi connectivity index (χ0n) is 32.1. The third-order valence-electron chi connectivity index (χ3n) is 10.6. The normalized spacial score (nSPS) is 17.7. The molecule has 2 saturated heterocycles. The van der Waals surface area contributed by atoms with Gasteiger partial charge >= 0.3 is 0 Å². The van der Waals surface area contributed by atoms with Gasteiger partial charge in [-0.15, -0.1) is 0 Å². The van der Waals surface area contributed by atoms with Crippen molar-refractivity contribution in [2.75, 3.05) is 58.4 Å². The number of amides is 4. The SMILES string of the molecule is COc1cc2c(N[C@H](C)c3cccc(Br)c3)nc(C)nc2cc1OCCCCN1CCN(C(=O)COc2cc3c(cc2F)C(=O)N(C2CCC(=O)NC2=O)C3)CC1. The summed E-state index contributed by atoms with van der Waals surface area (Å²) >= 11 is 3.55. The van der Waals surface area contributed by atoms with Crippen molar-refractivity contribution >= 4 is 56.3 Å². The number of aryl methyl sites for hydroxylation is 1. The van der Waals surface area contributed by atoms with Gasteiger partial charge in [0, 0.05) is 60.6 Å². The van der Waals surface area contributed by atoms with Crippen LogP contribution in [0, 0.1) is 12.7 Å². The van der Waals surface area contributed by atoms with Gasteiger partial charge in [-0.1, -0.05) is 28.1 Å². The quantitative estimate of drug-likeness (QED) is 0.128. The van der Waals surface area contributed by atoms with E-state index in [-0.39, 0.29) is 55.2 Å². The molecule has 0 spiro atoms. The van der Waals surface area contributed by atoms with Crippen LogP contribution in [0.2, 0.25) is 0 Å². The van der Waals surface area contributed by atoms with Gasteiger partial charge in [0.2, 0.25) is 11.8 Å². The Labute approximate surface area is 338 Å². The summed E-state index contributed by atoms with van der Waals surface area (Å²) in [6, 6.07) is 13.7. The topological polar surface area (TPSA) is 156 Å². The van der Waals surface area contributed by atoms with E-state index < -0.39 is 23.7 Å². The maximum Gasteiger partial charge on any atom is 0.260 e. The van der Waals surface area contributed by atoms with E-state index in [4.69, 9.17) is 19.2 Å². The number of piperazine rings is 1. The lowest BCUT2D eigenvalue weighted by Gasteiger charge is -2.34. The average molecular weight is 847 g/mol. The average Bonchev–Trinajstić information content (AvgIpc) is 3.50. The monoisotopic (exact) mass is 845 g/mol. The fraction of sp³-hybridized carbons (Fsp3) is 0.415. The summed E-state index contributed by atoms with van der Waals surface area (Å²) in [4.78, 5) is 64.6. The number of piperidine rings is 1. The number of fused-ring (bicyclic) bond motifs is 2. The number of aromatic nitrogens is 2. The molecule has 2 N–H and O–H groups in total. The third-order valence-corrected chi connectivity index (χ3v) is 11.1. The molecule has 7 rings (SSSR count). The third kappa shape index (κ3) is 9.12. The van der Waals surface area contributed by atoms with Gasteiger partial charge in [-0.05, 0) is 81.1 Å². The number of hydrogen-bond donors (Lipinski definition) is 2. The Bertz CT molecular complexity index is 2200. The Balaban J connectivity index is 0.848. The second-order valence-electron chi connectivity index (χ2n) is 14.5. The van der Waals surface area contributed by atoms with E-state index in [1.807, 2.05) is 31.2 Å². The number of hydrogen-bond acceptors (Lipinski definition) is 11. The highest BCUT2D eigenvalue weighted by atomic mass is 79.9. The van der Waals surface area contributed by atoms with Gasteiger partial charge in [0.25, 0.3) is 11.8 Å². The molecule has 3 aliphatic rings. The number of carbonyl (C=O) groups is 4. The first-order valence-electron chi connectivity index (χ1n) is 19.1. The zero-order valence-corrected chi connectivity index (χ0v) is 33.7. The highest BCUT2D eigenvalue weighted by Crippen LogP contribution is 2.36. The van der Waals surface area contributed by atoms with Crippen LogP contribution in [0.15, 0.2) is 53.0 Å². The smallest absolute Gasteiger partial charge is 0.260 e. The Kier molecular flexibility index (Phi) is 12.2. The fourth-order valence-corrected chi connectivity index (χ4v) is 7.86. The summed E-state index contributed by atoms with van der Waals surface area (Å²) in [6.07, 6.45) is 2.05. The van der Waals surface area contributed by atoms with Crippen molar-refractivity contribution in [1.82, 2.24) is 30.0 Å². The molecule has 0 saturated carbocycles. The van der Waals surface area contributed by atoms with E-state index in [9.17, 15) is 23.6 Å². The minimum atomic E-state index is -0.806. The van der Waals surface area contributed by atoms with Crippen LogP contribution in [0.5, 0.6) is 17.2 Å². The molecule has 14 nitrogen and oxygen atoms in total. The first kappa shape index (κ1) is 39.9. The van der Waals surface area contributed by atoms with Crippen LogP contribution in [0.3, 0.4) is 0 Å². The zero-order chi connectivity index (χ0) is 40.2. The number of nitrogens with zero attached hydrogens (tertiary/aromatic N) is 5. The molecule has 2 fully saturated rings. The number of nitrogens with one attached hydrogen (secondary N) is 2. The van der Waals surface area contributed by atoms with Gasteiger partial charge in [-0.2, -0.15) is 0 Å². The minimum absolute atomic E-state index is 0.00509. The number of rotatable bonds is 14. The van der Waals surface area contributed by atoms with Crippen molar-refractivity contribution in [3.05, 3.63) is 81.3 Å². The van der Waals surface area contributed by atoms with Crippen molar-refractivity contribution < 1.29 is 37.8 Å². The van der Waals surface area contributed by atoms with E-state index >= 15 is 0 Å². The number of carbonyl (C=O) groups excluding carboxylic acids is 4. The van der Waals surface area contributed by atoms with E-state index in [0.29, 0.717) is 55.7 Å². The largest absolute Gasteiger partial charge is 0.493 e. The van der Waals surface area contributed by atoms with Crippen LogP contribution in [0.25, 0.3) is 10.9 Å². The number of benzene rings is 3. The molecule has 3 aromatic carbocycles. The number of halogens is 2. The van der Waals surface area contributed by atoms with Crippen LogP contribution < -0.4 is 24.8 Å². The predicted octanol–water partition coefficient (Wildman–Crippen LogP) is 5.16. The van der Waals surface area contributed by atoms with Gasteiger partial charge in [-0.25, -0.2) is 14.4 Å². The van der Waals surface area contributed by atoms with Crippen LogP contribution in [-0.4, -0.2) is 107 Å². The summed E-state index contributed by atoms with van der Waals surface area (Å²) in [5.41, 5.74) is 2.52. The molecular formula is C41H45BrFN7O7. The molecule has 0 aliphatic carbocycles. The van der Waals surface area contributed by atoms with Crippen LogP contribution >= 0.6 is 15.9 Å². The second kappa shape index (κ2) is 17.4. The lowest BCUT2D eigenvalue weighted by Crippen LogP contribution is -2.52. The molecule has 1 aromatic heterocycles. The predicted molar refractivity (Wildman–Crippen MR) is 213 cm³/mol. The van der Waals surface area contributed by atoms with E-state index in [0.717, 1.165) is 52.2 Å². The first-order valence-corrected chi connectivity index (χ1v) is 19.9. The van der Waals surface area contributed by atoms with Crippen LogP contribution in [0.1, 0.15) is 66.0 Å². The van der Waals surface area contributed by atoms with Crippen molar-refractivity contribution in [3.63, 3.8) is 0 Å². The van der Waals surface area contributed by atoms with E-state index in [2.05, 4.69) is 55.5 Å². The Morgan fingerprint density at radius 1 is 1.02 bits per heavy atom. The first-order chi connectivity index (χ1) is 27.5. The molecule has 1 unspecified atom stereocenters. The minimum Gasteiger partial charge on any atom is -0.493 e. The summed E-state index contributed by atoms with van der Waals surface area (Å²) in [5.74, 6) is 0.0304. The lowest BCUT2D eigenvalue weighted by molar-refractivity contribution is -0.137. The Morgan fingerprint density at radius 3 is 2.58 bits per heavy atom. The highest BCUT2D eigenvalue weighted by Gasteiger charge is 2.40. The second-order valence-corrected chi connectivity index (χ2v) is 15.4. The van der Waals surface area contributed by atoms with Gasteiger partial charge < -0.3 is 29.3 Å². The summed E-state index contributed by atoms with van der Waals surface area (Å²) in [7, 11) is 1.62. The summed E-state index contributed by atoms with van der Waals surface area (Å²) < 4.78 is 33.5. The van der Waals surface area contributed by atoms with Crippen LogP contribution in [-0.2, 0) is 20.9 Å². The van der Waals surface area contributed by atoms with Crippen molar-refractivity contribution in [3.8, 4) is 17.2 Å². The Morgan fingerprint density at radius 2 is 1.82 bits per heavy atom. The highest BCUT2D eigenvalue weighted by molar-refractivity contribution is 9.10. The van der Waals surface area contributed by atoms with Crippen molar-refractivity contribution in [1.29, 1.82) is 0 Å². The molecule has 16 heteroatoms. The molecule has 57 heavy (non-hydrogen) atoms. The molecule has 300 valence electrons. The summed E-state index contributed by atoms with van der Waals surface area (Å²) in [5, 5.41) is 6.62. The number of anilines is 1. The van der Waals surface area contributed by atoms with Crippen molar-refractivity contribution in [2.45, 2.75) is 58.2 Å². The number of ether oxygens (including phenoxy) is 3. The van der Waals surface area contributed by atoms with Gasteiger partial charge in [0.15, 0.2) is 29.7 Å². The maximum absolute atomic E-state index is 15.0. The molecule has 4 heterocycles. The molecule has 2 atom stereocenters.